The molecule has 9 heteroatoms. The maximum atomic E-state index is 13.0. The second-order valence-electron chi connectivity index (χ2n) is 7.45. The Bertz CT molecular complexity index is 1210. The van der Waals surface area contributed by atoms with Crippen LogP contribution >= 0.6 is 45.8 Å². The Balaban J connectivity index is 1.25. The number of hydrogen-bond acceptors (Lipinski definition) is 7. The van der Waals surface area contributed by atoms with Gasteiger partial charge >= 0.3 is 0 Å². The third-order valence-electron chi connectivity index (χ3n) is 5.29. The van der Waals surface area contributed by atoms with Gasteiger partial charge in [-0.05, 0) is 47.7 Å². The van der Waals surface area contributed by atoms with E-state index in [0.29, 0.717) is 30.4 Å². The van der Waals surface area contributed by atoms with Crippen LogP contribution in [0.15, 0.2) is 39.8 Å². The number of fused-ring (bicyclic) bond motifs is 3. The molecule has 5 nitrogen and oxygen atoms in total. The zero-order chi connectivity index (χ0) is 21.2. The first-order valence-electron chi connectivity index (χ1n) is 10.1. The molecule has 0 unspecified atom stereocenters. The molecule has 160 valence electrons. The highest BCUT2D eigenvalue weighted by atomic mass is 32.2. The molecule has 1 amide bonds. The molecule has 1 aliphatic rings. The van der Waals surface area contributed by atoms with Gasteiger partial charge in [-0.15, -0.1) is 45.8 Å². The van der Waals surface area contributed by atoms with E-state index in [9.17, 15) is 9.59 Å². The Morgan fingerprint density at radius 1 is 1.13 bits per heavy atom. The van der Waals surface area contributed by atoms with Crippen molar-refractivity contribution in [3.63, 3.8) is 0 Å². The van der Waals surface area contributed by atoms with E-state index in [1.54, 1.807) is 34.0 Å². The van der Waals surface area contributed by atoms with Gasteiger partial charge in [-0.3, -0.25) is 9.59 Å². The lowest BCUT2D eigenvalue weighted by Gasteiger charge is -2.21. The van der Waals surface area contributed by atoms with Gasteiger partial charge in [0, 0.05) is 14.6 Å². The van der Waals surface area contributed by atoms with Crippen molar-refractivity contribution in [2.24, 2.45) is 0 Å². The SMILES string of the molecule is O=C(CSCc1nc2sc3c(c2c(=O)[nH]1)CCC3)N(Cc1cccs1)Cc1cccs1. The minimum absolute atomic E-state index is 0.0386. The fourth-order valence-corrected chi connectivity index (χ4v) is 7.36. The van der Waals surface area contributed by atoms with E-state index in [-0.39, 0.29) is 11.5 Å². The Morgan fingerprint density at radius 3 is 2.55 bits per heavy atom. The first kappa shape index (κ1) is 20.9. The largest absolute Gasteiger partial charge is 0.332 e. The van der Waals surface area contributed by atoms with E-state index in [4.69, 9.17) is 0 Å². The highest BCUT2D eigenvalue weighted by Gasteiger charge is 2.21. The molecule has 0 saturated heterocycles. The molecule has 5 rings (SSSR count). The molecule has 0 atom stereocenters. The number of aryl methyl sites for hydroxylation is 2. The summed E-state index contributed by atoms with van der Waals surface area (Å²) in [5.41, 5.74) is 1.16. The minimum atomic E-state index is -0.0386. The van der Waals surface area contributed by atoms with Crippen molar-refractivity contribution in [3.05, 3.63) is 71.4 Å². The third-order valence-corrected chi connectivity index (χ3v) is 9.13. The van der Waals surface area contributed by atoms with Gasteiger partial charge in [-0.2, -0.15) is 0 Å². The molecule has 1 N–H and O–H groups in total. The maximum absolute atomic E-state index is 13.0. The zero-order valence-electron chi connectivity index (χ0n) is 16.8. The molecule has 0 aromatic carbocycles. The van der Waals surface area contributed by atoms with Crippen LogP contribution < -0.4 is 5.56 Å². The highest BCUT2D eigenvalue weighted by molar-refractivity contribution is 7.99. The second-order valence-corrected chi connectivity index (χ2v) is 11.6. The number of thioether (sulfide) groups is 1. The van der Waals surface area contributed by atoms with Crippen LogP contribution in [0.3, 0.4) is 0 Å². The Morgan fingerprint density at radius 2 is 1.87 bits per heavy atom. The molecule has 0 aliphatic heterocycles. The van der Waals surface area contributed by atoms with Crippen LogP contribution in [0, 0.1) is 0 Å². The summed E-state index contributed by atoms with van der Waals surface area (Å²) in [6.45, 7) is 1.24. The lowest BCUT2D eigenvalue weighted by atomic mass is 10.2. The van der Waals surface area contributed by atoms with E-state index in [2.05, 4.69) is 22.1 Å². The number of thiophene rings is 3. The molecule has 0 fully saturated rings. The first-order chi connectivity index (χ1) is 15.2. The second kappa shape index (κ2) is 9.28. The normalized spacial score (nSPS) is 13.0. The molecule has 31 heavy (non-hydrogen) atoms. The van der Waals surface area contributed by atoms with Gasteiger partial charge in [0.1, 0.15) is 10.7 Å². The van der Waals surface area contributed by atoms with Crippen LogP contribution in [0.4, 0.5) is 0 Å². The number of H-pyrrole nitrogens is 1. The van der Waals surface area contributed by atoms with Crippen molar-refractivity contribution in [3.8, 4) is 0 Å². The number of aromatic amines is 1. The fraction of sp³-hybridized carbons (Fsp3) is 0.318. The first-order valence-corrected chi connectivity index (χ1v) is 13.8. The van der Waals surface area contributed by atoms with Gasteiger partial charge in [0.05, 0.1) is 30.0 Å². The van der Waals surface area contributed by atoms with Crippen molar-refractivity contribution in [1.29, 1.82) is 0 Å². The average molecular weight is 488 g/mol. The lowest BCUT2D eigenvalue weighted by molar-refractivity contribution is -0.129. The number of nitrogens with zero attached hydrogens (tertiary/aromatic N) is 2. The van der Waals surface area contributed by atoms with Crippen molar-refractivity contribution < 1.29 is 4.79 Å². The van der Waals surface area contributed by atoms with Gasteiger partial charge in [0.2, 0.25) is 5.91 Å². The van der Waals surface area contributed by atoms with Crippen LogP contribution in [0.1, 0.15) is 32.4 Å². The van der Waals surface area contributed by atoms with Gasteiger partial charge in [-0.25, -0.2) is 4.98 Å². The van der Waals surface area contributed by atoms with Crippen molar-refractivity contribution in [2.45, 2.75) is 38.1 Å². The minimum Gasteiger partial charge on any atom is -0.332 e. The van der Waals surface area contributed by atoms with Crippen LogP contribution in [0.25, 0.3) is 10.2 Å². The number of nitrogens with one attached hydrogen (secondary N) is 1. The molecule has 4 heterocycles. The number of hydrogen-bond donors (Lipinski definition) is 1. The molecule has 0 spiro atoms. The molecule has 1 aliphatic carbocycles. The van der Waals surface area contributed by atoms with Crippen LogP contribution in [0.2, 0.25) is 0 Å². The summed E-state index contributed by atoms with van der Waals surface area (Å²) in [5, 5.41) is 4.85. The topological polar surface area (TPSA) is 66.1 Å². The lowest BCUT2D eigenvalue weighted by Crippen LogP contribution is -2.31. The van der Waals surface area contributed by atoms with Gasteiger partial charge in [0.25, 0.3) is 5.56 Å². The number of rotatable bonds is 8. The molecular formula is C22H21N3O2S4. The zero-order valence-corrected chi connectivity index (χ0v) is 20.0. The summed E-state index contributed by atoms with van der Waals surface area (Å²) in [4.78, 5) is 39.6. The predicted molar refractivity (Wildman–Crippen MR) is 131 cm³/mol. The van der Waals surface area contributed by atoms with E-state index in [1.807, 2.05) is 27.8 Å². The van der Waals surface area contributed by atoms with E-state index in [1.165, 1.54) is 32.0 Å². The molecule has 0 radical (unpaired) electrons. The Labute approximate surface area is 196 Å². The highest BCUT2D eigenvalue weighted by Crippen LogP contribution is 2.34. The van der Waals surface area contributed by atoms with Crippen molar-refractivity contribution in [1.82, 2.24) is 14.9 Å². The molecule has 0 bridgehead atoms. The Kier molecular flexibility index (Phi) is 6.27. The van der Waals surface area contributed by atoms with Gasteiger partial charge < -0.3 is 9.88 Å². The molecule has 4 aromatic heterocycles. The standard InChI is InChI=1S/C22H21N3O2S4/c26-19(25(10-14-4-2-8-29-14)11-15-5-3-9-30-15)13-28-12-18-23-21(27)20-16-6-1-7-17(16)31-22(20)24-18/h2-5,8-9H,1,6-7,10-13H2,(H,23,24,27). The molecule has 0 saturated carbocycles. The summed E-state index contributed by atoms with van der Waals surface area (Å²) < 4.78 is 0. The monoisotopic (exact) mass is 487 g/mol. The summed E-state index contributed by atoms with van der Waals surface area (Å²) >= 11 is 6.49. The van der Waals surface area contributed by atoms with Crippen molar-refractivity contribution in [2.75, 3.05) is 5.75 Å². The van der Waals surface area contributed by atoms with Crippen molar-refractivity contribution >= 4 is 61.9 Å². The summed E-state index contributed by atoms with van der Waals surface area (Å²) in [5.74, 6) is 1.63. The van der Waals surface area contributed by atoms with Crippen LogP contribution in [0.5, 0.6) is 0 Å². The van der Waals surface area contributed by atoms with E-state index >= 15 is 0 Å². The molecule has 4 aromatic rings. The predicted octanol–water partition coefficient (Wildman–Crippen LogP) is 5.06. The number of carbonyl (C=O) groups is 1. The molecular weight excluding hydrogens is 467 g/mol. The summed E-state index contributed by atoms with van der Waals surface area (Å²) in [7, 11) is 0. The van der Waals surface area contributed by atoms with E-state index in [0.717, 1.165) is 29.5 Å². The summed E-state index contributed by atoms with van der Waals surface area (Å²) in [6, 6.07) is 8.16. The number of aromatic nitrogens is 2. The smallest absolute Gasteiger partial charge is 0.259 e. The quantitative estimate of drug-likeness (QED) is 0.377. The van der Waals surface area contributed by atoms with Gasteiger partial charge in [0.15, 0.2) is 0 Å². The maximum Gasteiger partial charge on any atom is 0.259 e. The third kappa shape index (κ3) is 4.64. The average Bonchev–Trinajstić information content (AvgIpc) is 3.52. The van der Waals surface area contributed by atoms with Crippen LogP contribution in [-0.2, 0) is 36.5 Å². The summed E-state index contributed by atoms with van der Waals surface area (Å²) in [6.07, 6.45) is 3.16. The Hall–Kier alpha value is -1.94. The van der Waals surface area contributed by atoms with Gasteiger partial charge in [-0.1, -0.05) is 12.1 Å². The number of amides is 1. The number of carbonyl (C=O) groups excluding carboxylic acids is 1. The fourth-order valence-electron chi connectivity index (χ4n) is 3.86. The van der Waals surface area contributed by atoms with Crippen LogP contribution in [-0.4, -0.2) is 26.5 Å². The van der Waals surface area contributed by atoms with E-state index < -0.39 is 0 Å².